The Morgan fingerprint density at radius 2 is 1.91 bits per heavy atom. The fourth-order valence-corrected chi connectivity index (χ4v) is 4.05. The lowest BCUT2D eigenvalue weighted by Crippen LogP contribution is -2.25. The maximum Gasteiger partial charge on any atom is 0.140 e. The second-order valence-electron chi connectivity index (χ2n) is 9.73. The molecule has 0 aliphatic heterocycles. The average Bonchev–Trinajstić information content (AvgIpc) is 2.75. The number of Topliss-reactive ketones (excluding diaryl/α,β-unsaturated/α-hetero) is 1. The van der Waals surface area contributed by atoms with Crippen LogP contribution in [-0.2, 0) is 10.4 Å². The summed E-state index contributed by atoms with van der Waals surface area (Å²) in [6, 6.07) is 11.4. The van der Waals surface area contributed by atoms with Gasteiger partial charge in [-0.1, -0.05) is 61.7 Å². The second kappa shape index (κ2) is 13.0. The first kappa shape index (κ1) is 27.2. The molecule has 0 amide bonds. The number of carbonyl (C=O) groups is 1. The van der Waals surface area contributed by atoms with Crippen LogP contribution in [0.15, 0.2) is 82.5 Å². The molecule has 0 saturated heterocycles. The predicted octanol–water partition coefficient (Wildman–Crippen LogP) is 7.14. The van der Waals surface area contributed by atoms with E-state index in [0.29, 0.717) is 5.57 Å². The zero-order valence-corrected chi connectivity index (χ0v) is 21.1. The van der Waals surface area contributed by atoms with Crippen molar-refractivity contribution in [1.82, 2.24) is 0 Å². The van der Waals surface area contributed by atoms with Crippen molar-refractivity contribution in [2.24, 2.45) is 10.9 Å². The summed E-state index contributed by atoms with van der Waals surface area (Å²) in [7, 11) is 0. The van der Waals surface area contributed by atoms with Gasteiger partial charge in [-0.3, -0.25) is 9.79 Å². The Bertz CT molecular complexity index is 1030. The van der Waals surface area contributed by atoms with Crippen molar-refractivity contribution in [3.63, 3.8) is 0 Å². The van der Waals surface area contributed by atoms with Gasteiger partial charge in [0.1, 0.15) is 5.78 Å². The van der Waals surface area contributed by atoms with Crippen molar-refractivity contribution >= 4 is 11.5 Å². The molecule has 4 nitrogen and oxygen atoms in total. The van der Waals surface area contributed by atoms with Crippen LogP contribution in [-0.4, -0.2) is 16.6 Å². The van der Waals surface area contributed by atoms with E-state index in [1.807, 2.05) is 56.3 Å². The zero-order chi connectivity index (χ0) is 25.1. The van der Waals surface area contributed by atoms with Crippen LogP contribution in [0.5, 0.6) is 0 Å². The minimum absolute atomic E-state index is 0.0244. The van der Waals surface area contributed by atoms with Crippen LogP contribution in [0, 0.1) is 17.2 Å². The molecule has 0 heterocycles. The molecule has 1 unspecified atom stereocenters. The smallest absolute Gasteiger partial charge is 0.140 e. The van der Waals surface area contributed by atoms with Gasteiger partial charge in [0.2, 0.25) is 0 Å². The number of aliphatic hydroxyl groups is 1. The van der Waals surface area contributed by atoms with Crippen molar-refractivity contribution in [3.8, 4) is 6.07 Å². The fourth-order valence-electron chi connectivity index (χ4n) is 4.05. The third-order valence-corrected chi connectivity index (χ3v) is 6.27. The highest BCUT2D eigenvalue weighted by Crippen LogP contribution is 2.32. The molecule has 1 aromatic rings. The number of rotatable bonds is 12. The summed E-state index contributed by atoms with van der Waals surface area (Å²) in [6.07, 6.45) is 11.8. The average molecular weight is 459 g/mol. The van der Waals surface area contributed by atoms with Crippen LogP contribution in [0.2, 0.25) is 0 Å². The van der Waals surface area contributed by atoms with E-state index in [1.54, 1.807) is 19.9 Å². The van der Waals surface area contributed by atoms with Crippen molar-refractivity contribution in [1.29, 1.82) is 5.26 Å². The summed E-state index contributed by atoms with van der Waals surface area (Å²) >= 11 is 0. The number of benzene rings is 1. The van der Waals surface area contributed by atoms with Crippen molar-refractivity contribution in [2.45, 2.75) is 78.2 Å². The van der Waals surface area contributed by atoms with E-state index in [2.05, 4.69) is 12.6 Å². The topological polar surface area (TPSA) is 73.5 Å². The molecule has 2 rings (SSSR count). The molecular formula is C30H38N2O2. The molecule has 0 bridgehead atoms. The number of nitrogens with zero attached hydrogens (tertiary/aromatic N) is 2. The number of allylic oxidation sites excluding steroid dienone is 6. The molecule has 0 spiro atoms. The number of aliphatic imine (C=N–C) groups is 1. The molecule has 0 radical (unpaired) electrons. The third kappa shape index (κ3) is 9.08. The molecule has 1 aromatic carbocycles. The van der Waals surface area contributed by atoms with Crippen molar-refractivity contribution in [3.05, 3.63) is 83.1 Å². The Labute approximate surface area is 205 Å². The van der Waals surface area contributed by atoms with Gasteiger partial charge in [0, 0.05) is 24.1 Å². The molecular weight excluding hydrogens is 420 g/mol. The highest BCUT2D eigenvalue weighted by atomic mass is 16.3. The Balaban J connectivity index is 2.08. The highest BCUT2D eigenvalue weighted by molar-refractivity contribution is 5.95. The summed E-state index contributed by atoms with van der Waals surface area (Å²) in [5.74, 6) is 0.768. The Hall–Kier alpha value is -3.03. The van der Waals surface area contributed by atoms with Crippen LogP contribution in [0.1, 0.15) is 78.2 Å². The largest absolute Gasteiger partial charge is 0.385 e. The molecule has 34 heavy (non-hydrogen) atoms. The minimum atomic E-state index is -1.19. The molecule has 0 aromatic heterocycles. The van der Waals surface area contributed by atoms with Gasteiger partial charge in [-0.15, -0.1) is 0 Å². The van der Waals surface area contributed by atoms with Gasteiger partial charge in [0.25, 0.3) is 0 Å². The van der Waals surface area contributed by atoms with Gasteiger partial charge < -0.3 is 5.11 Å². The van der Waals surface area contributed by atoms with Gasteiger partial charge >= 0.3 is 0 Å². The summed E-state index contributed by atoms with van der Waals surface area (Å²) in [5, 5.41) is 19.8. The Kier molecular flexibility index (Phi) is 10.4. The lowest BCUT2D eigenvalue weighted by molar-refractivity contribution is -0.123. The van der Waals surface area contributed by atoms with Gasteiger partial charge in [-0.25, -0.2) is 0 Å². The lowest BCUT2D eigenvalue weighted by Gasteiger charge is -2.25. The van der Waals surface area contributed by atoms with E-state index >= 15 is 0 Å². The molecule has 180 valence electrons. The van der Waals surface area contributed by atoms with E-state index in [9.17, 15) is 9.90 Å². The van der Waals surface area contributed by atoms with E-state index < -0.39 is 5.60 Å². The van der Waals surface area contributed by atoms with Crippen LogP contribution in [0.25, 0.3) is 0 Å². The van der Waals surface area contributed by atoms with E-state index in [0.717, 1.165) is 46.9 Å². The van der Waals surface area contributed by atoms with Crippen LogP contribution < -0.4 is 0 Å². The second-order valence-corrected chi connectivity index (χ2v) is 9.73. The Morgan fingerprint density at radius 1 is 1.24 bits per heavy atom. The van der Waals surface area contributed by atoms with E-state index in [-0.39, 0.29) is 18.6 Å². The number of hydrogen-bond acceptors (Lipinski definition) is 4. The van der Waals surface area contributed by atoms with Gasteiger partial charge in [0.05, 0.1) is 17.4 Å². The molecule has 1 fully saturated rings. The lowest BCUT2D eigenvalue weighted by atomic mass is 9.81. The number of ketones is 1. The van der Waals surface area contributed by atoms with Crippen LogP contribution >= 0.6 is 0 Å². The number of nitriles is 1. The Morgan fingerprint density at radius 3 is 2.50 bits per heavy atom. The zero-order valence-electron chi connectivity index (χ0n) is 21.1. The highest BCUT2D eigenvalue weighted by Gasteiger charge is 2.26. The van der Waals surface area contributed by atoms with Gasteiger partial charge in [-0.05, 0) is 75.8 Å². The van der Waals surface area contributed by atoms with Gasteiger partial charge in [-0.2, -0.15) is 5.26 Å². The first-order valence-electron chi connectivity index (χ1n) is 12.1. The third-order valence-electron chi connectivity index (χ3n) is 6.27. The maximum atomic E-state index is 12.6. The van der Waals surface area contributed by atoms with Gasteiger partial charge in [0.15, 0.2) is 0 Å². The number of carbonyl (C=O) groups excluding carboxylic acids is 1. The summed E-state index contributed by atoms with van der Waals surface area (Å²) < 4.78 is 0. The fraction of sp³-hybridized carbons (Fsp3) is 0.433. The summed E-state index contributed by atoms with van der Waals surface area (Å²) in [6.45, 7) is 11.5. The SMILES string of the molecule is C=C(CCC1CCC1)C(=C\C=C(/C)C#N)/N=C(C)/C=C(/C)CC(=O)CC(C)(O)c1ccccc1. The van der Waals surface area contributed by atoms with Crippen LogP contribution in [0.3, 0.4) is 0 Å². The number of hydrogen-bond donors (Lipinski definition) is 1. The molecule has 1 atom stereocenters. The van der Waals surface area contributed by atoms with E-state index in [1.165, 1.54) is 19.3 Å². The molecule has 1 aliphatic rings. The quantitative estimate of drug-likeness (QED) is 0.205. The first-order chi connectivity index (χ1) is 16.1. The molecule has 4 heteroatoms. The molecule has 1 aliphatic carbocycles. The van der Waals surface area contributed by atoms with Crippen molar-refractivity contribution in [2.75, 3.05) is 0 Å². The standard InChI is InChI=1S/C30H38N2O2/c1-22(21-31)14-17-29(24(3)15-16-26-10-9-11-26)32-25(4)18-23(2)19-28(33)20-30(5,34)27-12-7-6-8-13-27/h6-8,12-14,17-18,26,34H,3,9-11,15-16,19-20H2,1-2,4-5H3/b22-14+,23-18-,29-17+,32-25+. The summed E-state index contributed by atoms with van der Waals surface area (Å²) in [5.41, 5.74) is 3.56. The first-order valence-corrected chi connectivity index (χ1v) is 12.1. The molecule has 1 N–H and O–H groups in total. The monoisotopic (exact) mass is 458 g/mol. The maximum absolute atomic E-state index is 12.6. The minimum Gasteiger partial charge on any atom is -0.385 e. The molecule has 1 saturated carbocycles. The van der Waals surface area contributed by atoms with E-state index in [4.69, 9.17) is 10.3 Å². The van der Waals surface area contributed by atoms with Crippen molar-refractivity contribution < 1.29 is 9.90 Å². The summed E-state index contributed by atoms with van der Waals surface area (Å²) in [4.78, 5) is 17.4. The van der Waals surface area contributed by atoms with Crippen LogP contribution in [0.4, 0.5) is 0 Å². The predicted molar refractivity (Wildman–Crippen MR) is 140 cm³/mol. The normalized spacial score (nSPS) is 17.5.